The minimum Gasteiger partial charge on any atom is -0.368 e. The van der Waals surface area contributed by atoms with Crippen LogP contribution in [0.4, 0.5) is 0 Å². The Hall–Kier alpha value is -0.610. The van der Waals surface area contributed by atoms with Crippen LogP contribution in [0.1, 0.15) is 59.8 Å². The minimum atomic E-state index is -0.555. The number of primary amides is 1. The molecule has 0 aliphatic rings. The topological polar surface area (TPSA) is 58.4 Å². The van der Waals surface area contributed by atoms with E-state index in [0.29, 0.717) is 0 Å². The summed E-state index contributed by atoms with van der Waals surface area (Å²) >= 11 is 0. The Morgan fingerprint density at radius 2 is 1.68 bits per heavy atom. The molecule has 1 unspecified atom stereocenters. The molecule has 0 aromatic heterocycles. The van der Waals surface area contributed by atoms with Crippen molar-refractivity contribution in [2.45, 2.75) is 65.3 Å². The second-order valence-electron chi connectivity index (χ2n) is 5.57. The predicted octanol–water partition coefficient (Wildman–Crippen LogP) is 2.13. The summed E-state index contributed by atoms with van der Waals surface area (Å²) < 4.78 is 0. The molecule has 0 aromatic rings. The van der Waals surface area contributed by atoms with Crippen LogP contribution in [0.3, 0.4) is 0 Å². The van der Waals surface area contributed by atoms with Gasteiger partial charge >= 0.3 is 0 Å². The van der Waals surface area contributed by atoms with Crippen LogP contribution in [0.25, 0.3) is 0 Å². The molecule has 0 fully saturated rings. The first-order valence-corrected chi connectivity index (χ1v) is 7.77. The van der Waals surface area contributed by atoms with E-state index in [4.69, 9.17) is 5.73 Å². The Labute approximate surface area is 119 Å². The average Bonchev–Trinajstić information content (AvgIpc) is 2.36. The Balaban J connectivity index is 4.19. The summed E-state index contributed by atoms with van der Waals surface area (Å²) in [5.74, 6) is -0.238. The van der Waals surface area contributed by atoms with Crippen molar-refractivity contribution in [3.63, 3.8) is 0 Å². The zero-order valence-electron chi connectivity index (χ0n) is 13.3. The highest BCUT2D eigenvalue weighted by Crippen LogP contribution is 2.13. The molecule has 0 rings (SSSR count). The maximum absolute atomic E-state index is 11.6. The van der Waals surface area contributed by atoms with Gasteiger partial charge in [-0.2, -0.15) is 0 Å². The molecule has 0 heterocycles. The number of rotatable bonds is 12. The van der Waals surface area contributed by atoms with Gasteiger partial charge in [0.05, 0.1) is 5.54 Å². The van der Waals surface area contributed by atoms with Crippen molar-refractivity contribution in [1.82, 2.24) is 10.2 Å². The summed E-state index contributed by atoms with van der Waals surface area (Å²) in [6.07, 6.45) is 5.20. The Morgan fingerprint density at radius 3 is 2.11 bits per heavy atom. The van der Waals surface area contributed by atoms with Crippen LogP contribution in [0.5, 0.6) is 0 Å². The fourth-order valence-corrected chi connectivity index (χ4v) is 2.32. The van der Waals surface area contributed by atoms with Gasteiger partial charge in [-0.15, -0.1) is 0 Å². The van der Waals surface area contributed by atoms with E-state index >= 15 is 0 Å². The van der Waals surface area contributed by atoms with Crippen LogP contribution in [-0.4, -0.2) is 42.5 Å². The lowest BCUT2D eigenvalue weighted by molar-refractivity contribution is -0.124. The molecule has 0 radical (unpaired) electrons. The quantitative estimate of drug-likeness (QED) is 0.572. The zero-order chi connectivity index (χ0) is 14.7. The van der Waals surface area contributed by atoms with Crippen LogP contribution < -0.4 is 11.1 Å². The normalized spacial score (nSPS) is 14.6. The van der Waals surface area contributed by atoms with Crippen LogP contribution in [0, 0.1) is 0 Å². The van der Waals surface area contributed by atoms with E-state index in [-0.39, 0.29) is 5.91 Å². The van der Waals surface area contributed by atoms with E-state index in [2.05, 4.69) is 31.0 Å². The van der Waals surface area contributed by atoms with Gasteiger partial charge in [0.2, 0.25) is 5.91 Å². The summed E-state index contributed by atoms with van der Waals surface area (Å²) in [6, 6.07) is 0. The van der Waals surface area contributed by atoms with Crippen molar-refractivity contribution in [2.24, 2.45) is 5.73 Å². The Bertz CT molecular complexity index is 240. The van der Waals surface area contributed by atoms with E-state index in [1.54, 1.807) is 0 Å². The molecule has 0 aromatic carbocycles. The SMILES string of the molecule is CCCNC(C)(CCCN(CCC)CCC)C(N)=O. The highest BCUT2D eigenvalue weighted by atomic mass is 16.1. The molecule has 0 saturated carbocycles. The van der Waals surface area contributed by atoms with Gasteiger partial charge in [0.25, 0.3) is 0 Å². The van der Waals surface area contributed by atoms with Crippen LogP contribution in [-0.2, 0) is 4.79 Å². The van der Waals surface area contributed by atoms with Crippen LogP contribution in [0.15, 0.2) is 0 Å². The van der Waals surface area contributed by atoms with Gasteiger partial charge in [-0.1, -0.05) is 20.8 Å². The molecule has 0 aliphatic heterocycles. The van der Waals surface area contributed by atoms with Crippen molar-refractivity contribution in [3.8, 4) is 0 Å². The van der Waals surface area contributed by atoms with Crippen molar-refractivity contribution >= 4 is 5.91 Å². The number of nitrogens with two attached hydrogens (primary N) is 1. The van der Waals surface area contributed by atoms with E-state index in [1.807, 2.05) is 6.92 Å². The average molecular weight is 271 g/mol. The van der Waals surface area contributed by atoms with E-state index in [1.165, 1.54) is 12.8 Å². The third kappa shape index (κ3) is 7.53. The van der Waals surface area contributed by atoms with Gasteiger partial charge < -0.3 is 16.0 Å². The van der Waals surface area contributed by atoms with E-state index < -0.39 is 5.54 Å². The molecule has 3 N–H and O–H groups in total. The fourth-order valence-electron chi connectivity index (χ4n) is 2.32. The first kappa shape index (κ1) is 18.4. The van der Waals surface area contributed by atoms with Crippen LogP contribution in [0.2, 0.25) is 0 Å². The third-order valence-corrected chi connectivity index (χ3v) is 3.54. The molecule has 0 spiro atoms. The molecule has 19 heavy (non-hydrogen) atoms. The molecular formula is C15H33N3O. The fraction of sp³-hybridized carbons (Fsp3) is 0.933. The second kappa shape index (κ2) is 10.2. The zero-order valence-corrected chi connectivity index (χ0v) is 13.3. The molecule has 4 heteroatoms. The summed E-state index contributed by atoms with van der Waals surface area (Å²) in [5.41, 5.74) is 4.98. The van der Waals surface area contributed by atoms with Crippen LogP contribution >= 0.6 is 0 Å². The summed E-state index contributed by atoms with van der Waals surface area (Å²) in [7, 11) is 0. The number of hydrogen-bond donors (Lipinski definition) is 2. The largest absolute Gasteiger partial charge is 0.368 e. The van der Waals surface area contributed by atoms with Gasteiger partial charge in [-0.05, 0) is 65.2 Å². The van der Waals surface area contributed by atoms with Gasteiger partial charge in [0.15, 0.2) is 0 Å². The maximum atomic E-state index is 11.6. The molecule has 1 amide bonds. The van der Waals surface area contributed by atoms with Crippen molar-refractivity contribution < 1.29 is 4.79 Å². The minimum absolute atomic E-state index is 0.238. The van der Waals surface area contributed by atoms with Gasteiger partial charge in [0, 0.05) is 0 Å². The molecular weight excluding hydrogens is 238 g/mol. The second-order valence-corrected chi connectivity index (χ2v) is 5.57. The number of nitrogens with zero attached hydrogens (tertiary/aromatic N) is 1. The number of hydrogen-bond acceptors (Lipinski definition) is 3. The van der Waals surface area contributed by atoms with E-state index in [0.717, 1.165) is 45.4 Å². The number of carbonyl (C=O) groups is 1. The predicted molar refractivity (Wildman–Crippen MR) is 82.1 cm³/mol. The molecule has 0 saturated heterocycles. The smallest absolute Gasteiger partial charge is 0.237 e. The van der Waals surface area contributed by atoms with Gasteiger partial charge in [-0.3, -0.25) is 4.79 Å². The lowest BCUT2D eigenvalue weighted by atomic mass is 9.94. The third-order valence-electron chi connectivity index (χ3n) is 3.54. The molecule has 0 bridgehead atoms. The molecule has 0 aliphatic carbocycles. The summed E-state index contributed by atoms with van der Waals surface area (Å²) in [5, 5.41) is 3.29. The maximum Gasteiger partial charge on any atom is 0.237 e. The first-order chi connectivity index (χ1) is 9.00. The number of amides is 1. The van der Waals surface area contributed by atoms with Crippen molar-refractivity contribution in [3.05, 3.63) is 0 Å². The first-order valence-electron chi connectivity index (χ1n) is 7.77. The van der Waals surface area contributed by atoms with Crippen molar-refractivity contribution in [1.29, 1.82) is 0 Å². The molecule has 4 nitrogen and oxygen atoms in total. The standard InChI is InChI=1S/C15H33N3O/c1-5-10-17-15(4,14(16)19)9-8-13-18(11-6-2)12-7-3/h17H,5-13H2,1-4H3,(H2,16,19). The van der Waals surface area contributed by atoms with E-state index in [9.17, 15) is 4.79 Å². The molecule has 114 valence electrons. The number of nitrogens with one attached hydrogen (secondary N) is 1. The van der Waals surface area contributed by atoms with Crippen molar-refractivity contribution in [2.75, 3.05) is 26.2 Å². The van der Waals surface area contributed by atoms with Gasteiger partial charge in [-0.25, -0.2) is 0 Å². The highest BCUT2D eigenvalue weighted by molar-refractivity contribution is 5.84. The lowest BCUT2D eigenvalue weighted by Gasteiger charge is -2.29. The summed E-state index contributed by atoms with van der Waals surface area (Å²) in [4.78, 5) is 14.1. The van der Waals surface area contributed by atoms with Gasteiger partial charge in [0.1, 0.15) is 0 Å². The monoisotopic (exact) mass is 271 g/mol. The lowest BCUT2D eigenvalue weighted by Crippen LogP contribution is -2.53. The number of carbonyl (C=O) groups excluding carboxylic acids is 1. The Morgan fingerprint density at radius 1 is 1.11 bits per heavy atom. The highest BCUT2D eigenvalue weighted by Gasteiger charge is 2.29. The summed E-state index contributed by atoms with van der Waals surface area (Å²) in [6.45, 7) is 12.6. The molecule has 1 atom stereocenters. The Kier molecular flexibility index (Phi) is 9.88.